The number of nitrogens with one attached hydrogen (secondary N) is 1. The molecule has 1 aliphatic rings. The van der Waals surface area contributed by atoms with Gasteiger partial charge < -0.3 is 15.1 Å². The highest BCUT2D eigenvalue weighted by molar-refractivity contribution is 7.15. The van der Waals surface area contributed by atoms with Gasteiger partial charge in [0.25, 0.3) is 0 Å². The van der Waals surface area contributed by atoms with Crippen LogP contribution >= 0.6 is 11.3 Å². The smallest absolute Gasteiger partial charge is 0.326 e. The molecule has 0 saturated carbocycles. The molecule has 2 atom stereocenters. The van der Waals surface area contributed by atoms with E-state index >= 15 is 0 Å². The number of β-amino-alcohol motifs (C(OH)–C–C–N with tert-alkyl or cyclic N) is 1. The van der Waals surface area contributed by atoms with Crippen molar-refractivity contribution in [3.8, 4) is 0 Å². The van der Waals surface area contributed by atoms with Crippen LogP contribution < -0.4 is 5.32 Å². The van der Waals surface area contributed by atoms with Crippen molar-refractivity contribution in [3.05, 3.63) is 5.01 Å². The van der Waals surface area contributed by atoms with E-state index in [4.69, 9.17) is 5.11 Å². The van der Waals surface area contributed by atoms with E-state index in [1.165, 1.54) is 11.3 Å². The number of anilines is 1. The van der Waals surface area contributed by atoms with Gasteiger partial charge in [-0.2, -0.15) is 0 Å². The second-order valence-corrected chi connectivity index (χ2v) is 5.24. The third kappa shape index (κ3) is 2.99. The molecule has 2 rings (SSSR count). The number of carboxylic acids is 1. The van der Waals surface area contributed by atoms with Crippen LogP contribution in [0.25, 0.3) is 0 Å². The van der Waals surface area contributed by atoms with E-state index in [1.54, 1.807) is 0 Å². The van der Waals surface area contributed by atoms with E-state index in [0.717, 1.165) is 9.91 Å². The number of aliphatic carboxylic acids is 1. The van der Waals surface area contributed by atoms with Gasteiger partial charge in [-0.25, -0.2) is 9.59 Å². The largest absolute Gasteiger partial charge is 0.480 e. The molecule has 3 N–H and O–H groups in total. The summed E-state index contributed by atoms with van der Waals surface area (Å²) in [6.07, 6.45) is -0.0558. The van der Waals surface area contributed by atoms with Crippen LogP contribution in [0.3, 0.4) is 0 Å². The fraction of sp³-hybridized carbons (Fsp3) is 0.600. The van der Waals surface area contributed by atoms with Crippen LogP contribution in [-0.4, -0.2) is 56.0 Å². The predicted molar refractivity (Wildman–Crippen MR) is 67.1 cm³/mol. The van der Waals surface area contributed by atoms with Crippen molar-refractivity contribution in [1.82, 2.24) is 15.1 Å². The number of hydrogen-bond acceptors (Lipinski definition) is 6. The van der Waals surface area contributed by atoms with Gasteiger partial charge in [-0.05, 0) is 6.42 Å². The number of urea groups is 1. The highest BCUT2D eigenvalue weighted by atomic mass is 32.1. The molecule has 2 heterocycles. The molecule has 0 aromatic carbocycles. The Kier molecular flexibility index (Phi) is 3.96. The fourth-order valence-corrected chi connectivity index (χ4v) is 2.55. The van der Waals surface area contributed by atoms with Gasteiger partial charge in [0.05, 0.1) is 6.10 Å². The van der Waals surface area contributed by atoms with E-state index < -0.39 is 24.1 Å². The molecule has 1 aromatic rings. The van der Waals surface area contributed by atoms with Crippen molar-refractivity contribution < 1.29 is 19.8 Å². The summed E-state index contributed by atoms with van der Waals surface area (Å²) >= 11 is 1.24. The summed E-state index contributed by atoms with van der Waals surface area (Å²) in [4.78, 5) is 24.1. The van der Waals surface area contributed by atoms with Crippen molar-refractivity contribution in [1.29, 1.82) is 0 Å². The number of amides is 2. The molecule has 9 heteroatoms. The molecular formula is C10H14N4O4S. The summed E-state index contributed by atoms with van der Waals surface area (Å²) in [5.74, 6) is -1.13. The van der Waals surface area contributed by atoms with Gasteiger partial charge >= 0.3 is 12.0 Å². The lowest BCUT2D eigenvalue weighted by molar-refractivity contribution is -0.141. The first-order chi connectivity index (χ1) is 9.01. The molecule has 0 bridgehead atoms. The zero-order valence-corrected chi connectivity index (χ0v) is 11.1. The van der Waals surface area contributed by atoms with Gasteiger partial charge in [0.1, 0.15) is 11.0 Å². The Labute approximate surface area is 113 Å². The highest BCUT2D eigenvalue weighted by Gasteiger charge is 2.39. The molecule has 1 saturated heterocycles. The third-order valence-electron chi connectivity index (χ3n) is 2.81. The number of aryl methyl sites for hydroxylation is 1. The monoisotopic (exact) mass is 286 g/mol. The van der Waals surface area contributed by atoms with E-state index in [1.807, 2.05) is 6.92 Å². The van der Waals surface area contributed by atoms with Gasteiger partial charge in [0.15, 0.2) is 0 Å². The lowest BCUT2D eigenvalue weighted by atomic mass is 10.2. The van der Waals surface area contributed by atoms with Gasteiger partial charge in [-0.15, -0.1) is 10.2 Å². The second-order valence-electron chi connectivity index (χ2n) is 4.18. The van der Waals surface area contributed by atoms with E-state index in [9.17, 15) is 14.7 Å². The first kappa shape index (κ1) is 13.7. The van der Waals surface area contributed by atoms with Crippen LogP contribution in [0.15, 0.2) is 0 Å². The SMILES string of the molecule is CCc1nnc(NC(=O)N2CC(O)CC2C(=O)O)s1. The minimum absolute atomic E-state index is 0.00222. The summed E-state index contributed by atoms with van der Waals surface area (Å²) in [5, 5.41) is 29.7. The lowest BCUT2D eigenvalue weighted by Crippen LogP contribution is -2.43. The number of hydrogen-bond donors (Lipinski definition) is 3. The third-order valence-corrected chi connectivity index (χ3v) is 3.79. The van der Waals surface area contributed by atoms with Crippen molar-refractivity contribution in [3.63, 3.8) is 0 Å². The molecular weight excluding hydrogens is 272 g/mol. The highest BCUT2D eigenvalue weighted by Crippen LogP contribution is 2.21. The number of carboxylic acid groups (broad SMARTS) is 1. The molecule has 104 valence electrons. The Morgan fingerprint density at radius 3 is 2.84 bits per heavy atom. The Balaban J connectivity index is 2.04. The summed E-state index contributed by atoms with van der Waals surface area (Å²) < 4.78 is 0. The Hall–Kier alpha value is -1.74. The standard InChI is InChI=1S/C10H14N4O4S/c1-2-7-12-13-9(19-7)11-10(18)14-4-5(15)3-6(14)8(16)17/h5-6,15H,2-4H2,1H3,(H,16,17)(H,11,13,18). The van der Waals surface area contributed by atoms with Gasteiger partial charge in [-0.1, -0.05) is 18.3 Å². The lowest BCUT2D eigenvalue weighted by Gasteiger charge is -2.20. The van der Waals surface area contributed by atoms with E-state index in [2.05, 4.69) is 15.5 Å². The van der Waals surface area contributed by atoms with Crippen LogP contribution in [0.2, 0.25) is 0 Å². The van der Waals surface area contributed by atoms with Gasteiger partial charge in [0, 0.05) is 13.0 Å². The molecule has 0 radical (unpaired) electrons. The number of aliphatic hydroxyl groups is 1. The first-order valence-corrected chi connectivity index (χ1v) is 6.63. The topological polar surface area (TPSA) is 116 Å². The molecule has 1 aliphatic heterocycles. The maximum Gasteiger partial charge on any atom is 0.326 e. The van der Waals surface area contributed by atoms with E-state index in [-0.39, 0.29) is 13.0 Å². The average molecular weight is 286 g/mol. The van der Waals surface area contributed by atoms with Crippen molar-refractivity contribution in [2.45, 2.75) is 31.9 Å². The van der Waals surface area contributed by atoms with Crippen LogP contribution in [0.1, 0.15) is 18.4 Å². The number of nitrogens with zero attached hydrogens (tertiary/aromatic N) is 3. The maximum atomic E-state index is 12.0. The zero-order valence-electron chi connectivity index (χ0n) is 10.2. The maximum absolute atomic E-state index is 12.0. The first-order valence-electron chi connectivity index (χ1n) is 5.82. The summed E-state index contributed by atoms with van der Waals surface area (Å²) in [6.45, 7) is 1.92. The Morgan fingerprint density at radius 1 is 1.53 bits per heavy atom. The second kappa shape index (κ2) is 5.49. The molecule has 0 aliphatic carbocycles. The van der Waals surface area contributed by atoms with Gasteiger partial charge in [0.2, 0.25) is 5.13 Å². The van der Waals surface area contributed by atoms with Gasteiger partial charge in [-0.3, -0.25) is 5.32 Å². The van der Waals surface area contributed by atoms with Crippen LogP contribution in [0.4, 0.5) is 9.93 Å². The molecule has 19 heavy (non-hydrogen) atoms. The number of carbonyl (C=O) groups is 2. The molecule has 1 aromatic heterocycles. The van der Waals surface area contributed by atoms with E-state index in [0.29, 0.717) is 11.6 Å². The summed E-state index contributed by atoms with van der Waals surface area (Å²) in [5.41, 5.74) is 0. The Bertz CT molecular complexity index is 492. The average Bonchev–Trinajstić information content (AvgIpc) is 2.95. The molecule has 0 spiro atoms. The predicted octanol–water partition coefficient (Wildman–Crippen LogP) is 0.152. The van der Waals surface area contributed by atoms with Crippen LogP contribution in [0, 0.1) is 0 Å². The number of aliphatic hydroxyl groups excluding tert-OH is 1. The van der Waals surface area contributed by atoms with Crippen molar-refractivity contribution in [2.24, 2.45) is 0 Å². The van der Waals surface area contributed by atoms with Crippen molar-refractivity contribution in [2.75, 3.05) is 11.9 Å². The Morgan fingerprint density at radius 2 is 2.26 bits per heavy atom. The normalized spacial score (nSPS) is 22.5. The molecule has 2 unspecified atom stereocenters. The molecule has 8 nitrogen and oxygen atoms in total. The minimum atomic E-state index is -1.13. The number of aromatic nitrogens is 2. The quantitative estimate of drug-likeness (QED) is 0.728. The van der Waals surface area contributed by atoms with Crippen LogP contribution in [0.5, 0.6) is 0 Å². The number of rotatable bonds is 3. The molecule has 2 amide bonds. The number of carbonyl (C=O) groups excluding carboxylic acids is 1. The summed E-state index contributed by atoms with van der Waals surface area (Å²) in [7, 11) is 0. The minimum Gasteiger partial charge on any atom is -0.480 e. The zero-order chi connectivity index (χ0) is 14.0. The number of likely N-dealkylation sites (tertiary alicyclic amines) is 1. The summed E-state index contributed by atoms with van der Waals surface area (Å²) in [6, 6.07) is -1.59. The van der Waals surface area contributed by atoms with Crippen molar-refractivity contribution >= 4 is 28.5 Å². The fourth-order valence-electron chi connectivity index (χ4n) is 1.88. The molecule has 1 fully saturated rings. The van der Waals surface area contributed by atoms with Crippen LogP contribution in [-0.2, 0) is 11.2 Å².